The molecule has 1 fully saturated rings. The number of amides is 2. The number of carbonyl (C=O) groups excluding carboxylic acids is 2. The first kappa shape index (κ1) is 17.8. The van der Waals surface area contributed by atoms with Crippen LogP contribution in [0, 0.1) is 17.8 Å². The lowest BCUT2D eigenvalue weighted by molar-refractivity contribution is -0.136. The number of benzene rings is 1. The van der Waals surface area contributed by atoms with E-state index in [1.54, 1.807) is 0 Å². The van der Waals surface area contributed by atoms with Gasteiger partial charge in [-0.15, -0.1) is 0 Å². The lowest BCUT2D eigenvalue weighted by atomic mass is 9.74. The van der Waals surface area contributed by atoms with Crippen molar-refractivity contribution in [2.24, 2.45) is 16.6 Å². The van der Waals surface area contributed by atoms with Crippen LogP contribution in [0.4, 0.5) is 0 Å². The fourth-order valence-electron chi connectivity index (χ4n) is 4.09. The van der Waals surface area contributed by atoms with Gasteiger partial charge in [-0.2, -0.15) is 5.10 Å². The highest BCUT2D eigenvalue weighted by molar-refractivity contribution is 6.07. The van der Waals surface area contributed by atoms with Crippen LogP contribution in [0.5, 0.6) is 0 Å². The summed E-state index contributed by atoms with van der Waals surface area (Å²) in [5.41, 5.74) is 8.83. The molecule has 1 aromatic carbocycles. The Hall–Kier alpha value is -2.63. The van der Waals surface area contributed by atoms with Crippen molar-refractivity contribution in [2.75, 3.05) is 0 Å². The molecule has 6 nitrogen and oxygen atoms in total. The Morgan fingerprint density at radius 2 is 1.89 bits per heavy atom. The quantitative estimate of drug-likeness (QED) is 0.815. The van der Waals surface area contributed by atoms with Gasteiger partial charge < -0.3 is 11.1 Å². The van der Waals surface area contributed by atoms with Gasteiger partial charge in [0.1, 0.15) is 5.41 Å². The number of nitrogens with two attached hydrogens (primary N) is 1. The van der Waals surface area contributed by atoms with Crippen LogP contribution < -0.4 is 11.1 Å². The minimum Gasteiger partial charge on any atom is -0.369 e. The van der Waals surface area contributed by atoms with E-state index in [0.717, 1.165) is 29.8 Å². The largest absolute Gasteiger partial charge is 0.369 e. The molecule has 0 bridgehead atoms. The Balaban J connectivity index is 1.67. The molecule has 4 rings (SSSR count). The van der Waals surface area contributed by atoms with Crippen LogP contribution in [0.15, 0.2) is 30.5 Å². The molecule has 1 heterocycles. The van der Waals surface area contributed by atoms with Crippen LogP contribution in [0.1, 0.15) is 56.0 Å². The molecule has 0 saturated heterocycles. The van der Waals surface area contributed by atoms with Gasteiger partial charge in [-0.1, -0.05) is 31.5 Å². The van der Waals surface area contributed by atoms with Gasteiger partial charge in [0.25, 0.3) is 0 Å². The van der Waals surface area contributed by atoms with Crippen molar-refractivity contribution < 1.29 is 9.59 Å². The molecule has 1 atom stereocenters. The van der Waals surface area contributed by atoms with Gasteiger partial charge in [-0.05, 0) is 50.2 Å². The summed E-state index contributed by atoms with van der Waals surface area (Å²) in [6.45, 7) is 6.45. The second-order valence-corrected chi connectivity index (χ2v) is 8.81. The number of hydrogen-bond acceptors (Lipinski definition) is 3. The molecule has 2 aliphatic carbocycles. The van der Waals surface area contributed by atoms with Gasteiger partial charge in [0.15, 0.2) is 0 Å². The van der Waals surface area contributed by atoms with E-state index in [1.165, 1.54) is 5.56 Å². The molecule has 0 radical (unpaired) electrons. The number of aromatic nitrogens is 2. The number of rotatable bonds is 4. The van der Waals surface area contributed by atoms with Crippen LogP contribution in [0.2, 0.25) is 0 Å². The molecule has 2 aromatic rings. The molecule has 0 spiro atoms. The molecule has 2 amide bonds. The third-order valence-corrected chi connectivity index (χ3v) is 5.92. The normalized spacial score (nSPS) is 22.0. The van der Waals surface area contributed by atoms with Crippen molar-refractivity contribution in [3.63, 3.8) is 0 Å². The van der Waals surface area contributed by atoms with Crippen LogP contribution in [-0.2, 0) is 16.0 Å². The summed E-state index contributed by atoms with van der Waals surface area (Å²) in [6.07, 6.45) is 4.61. The topological polar surface area (TPSA) is 90.0 Å². The Morgan fingerprint density at radius 3 is 2.48 bits per heavy atom. The van der Waals surface area contributed by atoms with Crippen molar-refractivity contribution >= 4 is 11.8 Å². The Labute approximate surface area is 159 Å². The molecule has 27 heavy (non-hydrogen) atoms. The predicted molar refractivity (Wildman–Crippen MR) is 102 cm³/mol. The second-order valence-electron chi connectivity index (χ2n) is 8.81. The minimum atomic E-state index is -1.01. The zero-order valence-corrected chi connectivity index (χ0v) is 16.1. The molecule has 142 valence electrons. The van der Waals surface area contributed by atoms with E-state index in [0.29, 0.717) is 12.8 Å². The number of aryl methyl sites for hydroxylation is 1. The van der Waals surface area contributed by atoms with Crippen LogP contribution in [0.3, 0.4) is 0 Å². The van der Waals surface area contributed by atoms with Gasteiger partial charge in [-0.25, -0.2) is 4.68 Å². The predicted octanol–water partition coefficient (Wildman–Crippen LogP) is 2.58. The van der Waals surface area contributed by atoms with Crippen molar-refractivity contribution in [3.8, 4) is 5.69 Å². The van der Waals surface area contributed by atoms with Gasteiger partial charge >= 0.3 is 0 Å². The monoisotopic (exact) mass is 366 g/mol. The van der Waals surface area contributed by atoms with Crippen LogP contribution in [0.25, 0.3) is 5.69 Å². The van der Waals surface area contributed by atoms with Gasteiger partial charge in [-0.3, -0.25) is 9.59 Å². The Kier molecular flexibility index (Phi) is 3.91. The Morgan fingerprint density at radius 1 is 1.22 bits per heavy atom. The number of carbonyl (C=O) groups is 2. The van der Waals surface area contributed by atoms with E-state index in [-0.39, 0.29) is 17.4 Å². The summed E-state index contributed by atoms with van der Waals surface area (Å²) in [4.78, 5) is 24.4. The number of nitrogens with one attached hydrogen (secondary N) is 1. The van der Waals surface area contributed by atoms with Crippen LogP contribution >= 0.6 is 0 Å². The van der Waals surface area contributed by atoms with Gasteiger partial charge in [0, 0.05) is 5.56 Å². The first-order chi connectivity index (χ1) is 12.7. The van der Waals surface area contributed by atoms with E-state index in [2.05, 4.69) is 55.5 Å². The fraction of sp³-hybridized carbons (Fsp3) is 0.476. The SMILES string of the molecule is Cc1ccc(-n2ncc3c2CC(C)(C)CC3NC(=O)C2(C(N)=O)CC2)cc1. The molecule has 1 unspecified atom stereocenters. The lowest BCUT2D eigenvalue weighted by Crippen LogP contribution is -2.44. The summed E-state index contributed by atoms with van der Waals surface area (Å²) in [7, 11) is 0. The maximum atomic E-state index is 12.7. The highest BCUT2D eigenvalue weighted by Gasteiger charge is 2.56. The van der Waals surface area contributed by atoms with E-state index >= 15 is 0 Å². The van der Waals surface area contributed by atoms with Crippen molar-refractivity contribution in [1.82, 2.24) is 15.1 Å². The maximum Gasteiger partial charge on any atom is 0.236 e. The van der Waals surface area contributed by atoms with Gasteiger partial charge in [0.2, 0.25) is 11.8 Å². The molecule has 1 saturated carbocycles. The highest BCUT2D eigenvalue weighted by Crippen LogP contribution is 2.47. The Bertz CT molecular complexity index is 907. The summed E-state index contributed by atoms with van der Waals surface area (Å²) < 4.78 is 1.97. The summed E-state index contributed by atoms with van der Waals surface area (Å²) in [5.74, 6) is -0.766. The third kappa shape index (κ3) is 3.03. The average Bonchev–Trinajstić information content (AvgIpc) is 3.31. The average molecular weight is 366 g/mol. The maximum absolute atomic E-state index is 12.7. The van der Waals surface area contributed by atoms with Crippen molar-refractivity contribution in [2.45, 2.75) is 52.5 Å². The zero-order valence-electron chi connectivity index (χ0n) is 16.1. The summed E-state index contributed by atoms with van der Waals surface area (Å²) >= 11 is 0. The standard InChI is InChI=1S/C21H26N4O2/c1-13-4-6-14(7-5-13)25-17-11-20(2,3)10-16(15(17)12-23-25)24-19(27)21(8-9-21)18(22)26/h4-7,12,16H,8-11H2,1-3H3,(H2,22,26)(H,24,27). The number of primary amides is 1. The number of fused-ring (bicyclic) bond motifs is 1. The number of hydrogen-bond donors (Lipinski definition) is 2. The molecule has 1 aromatic heterocycles. The highest BCUT2D eigenvalue weighted by atomic mass is 16.2. The number of nitrogens with zero attached hydrogens (tertiary/aromatic N) is 2. The molecule has 0 aliphatic heterocycles. The van der Waals surface area contributed by atoms with E-state index in [4.69, 9.17) is 5.73 Å². The first-order valence-corrected chi connectivity index (χ1v) is 9.47. The van der Waals surface area contributed by atoms with Gasteiger partial charge in [0.05, 0.1) is 23.6 Å². The van der Waals surface area contributed by atoms with Crippen molar-refractivity contribution in [1.29, 1.82) is 0 Å². The molecular weight excluding hydrogens is 340 g/mol. The van der Waals surface area contributed by atoms with E-state index in [9.17, 15) is 9.59 Å². The summed E-state index contributed by atoms with van der Waals surface area (Å²) in [5, 5.41) is 7.70. The smallest absolute Gasteiger partial charge is 0.236 e. The minimum absolute atomic E-state index is 0.0108. The first-order valence-electron chi connectivity index (χ1n) is 9.47. The van der Waals surface area contributed by atoms with E-state index < -0.39 is 11.3 Å². The molecule has 6 heteroatoms. The second kappa shape index (κ2) is 5.94. The van der Waals surface area contributed by atoms with Crippen molar-refractivity contribution in [3.05, 3.63) is 47.3 Å². The zero-order chi connectivity index (χ0) is 19.4. The molecule has 3 N–H and O–H groups in total. The van der Waals surface area contributed by atoms with E-state index in [1.807, 2.05) is 10.9 Å². The molecule has 2 aliphatic rings. The fourth-order valence-corrected chi connectivity index (χ4v) is 4.09. The summed E-state index contributed by atoms with van der Waals surface area (Å²) in [6, 6.07) is 8.10. The van der Waals surface area contributed by atoms with Crippen LogP contribution in [-0.4, -0.2) is 21.6 Å². The molecular formula is C21H26N4O2. The lowest BCUT2D eigenvalue weighted by Gasteiger charge is -2.36. The third-order valence-electron chi connectivity index (χ3n) is 5.92.